The number of thiophene rings is 1. The van der Waals surface area contributed by atoms with Crippen molar-refractivity contribution in [2.45, 2.75) is 82.0 Å². The highest BCUT2D eigenvalue weighted by atomic mass is 32.2. The minimum absolute atomic E-state index is 0.000923. The lowest BCUT2D eigenvalue weighted by Gasteiger charge is -2.39. The predicted octanol–water partition coefficient (Wildman–Crippen LogP) is 8.21. The highest BCUT2D eigenvalue weighted by Crippen LogP contribution is 2.46. The molecule has 0 bridgehead atoms. The lowest BCUT2D eigenvalue weighted by atomic mass is 10.1. The van der Waals surface area contributed by atoms with Crippen molar-refractivity contribution in [3.8, 4) is 33.4 Å². The first-order valence-electron chi connectivity index (χ1n) is 13.9. The summed E-state index contributed by atoms with van der Waals surface area (Å²) in [7, 11) is -7.94. The van der Waals surface area contributed by atoms with Gasteiger partial charge in [0.25, 0.3) is 16.6 Å². The molecule has 0 saturated heterocycles. The van der Waals surface area contributed by atoms with Crippen molar-refractivity contribution in [2.75, 3.05) is 13.1 Å². The van der Waals surface area contributed by atoms with Gasteiger partial charge in [-0.3, -0.25) is 0 Å². The maximum absolute atomic E-state index is 12.6. The Balaban J connectivity index is 2.01. The average molecular weight is 635 g/mol. The third kappa shape index (κ3) is 8.02. The van der Waals surface area contributed by atoms with E-state index in [1.165, 1.54) is 11.3 Å². The first kappa shape index (κ1) is 33.3. The smallest absolute Gasteiger partial charge is 0.250 e. The molecule has 0 unspecified atom stereocenters. The fourth-order valence-corrected chi connectivity index (χ4v) is 7.80. The van der Waals surface area contributed by atoms with Crippen LogP contribution in [-0.2, 0) is 10.0 Å². The Hall–Kier alpha value is -2.16. The predicted molar refractivity (Wildman–Crippen MR) is 176 cm³/mol. The number of sulfonamides is 1. The second kappa shape index (κ2) is 12.2. The first-order chi connectivity index (χ1) is 18.8. The van der Waals surface area contributed by atoms with Crippen molar-refractivity contribution >= 4 is 38.0 Å². The second-order valence-corrected chi connectivity index (χ2v) is 25.8. The molecule has 0 amide bonds. The summed E-state index contributed by atoms with van der Waals surface area (Å²) in [4.78, 5) is 0.782. The molecule has 3 N–H and O–H groups in total. The van der Waals surface area contributed by atoms with Crippen LogP contribution in [-0.4, -0.2) is 38.1 Å². The Labute approximate surface area is 252 Å². The fourth-order valence-electron chi connectivity index (χ4n) is 3.33. The zero-order valence-electron chi connectivity index (χ0n) is 26.0. The number of ether oxygens (including phenoxy) is 1. The fraction of sp³-hybridized carbons (Fsp3) is 0.467. The molecule has 41 heavy (non-hydrogen) atoms. The topological polar surface area (TPSA) is 99.9 Å². The maximum Gasteiger partial charge on any atom is 0.250 e. The maximum atomic E-state index is 12.6. The van der Waals surface area contributed by atoms with Gasteiger partial charge in [0.05, 0.1) is 0 Å². The Morgan fingerprint density at radius 2 is 1.39 bits per heavy atom. The number of rotatable bonds is 11. The van der Waals surface area contributed by atoms with E-state index >= 15 is 0 Å². The van der Waals surface area contributed by atoms with E-state index in [9.17, 15) is 8.42 Å². The molecule has 0 radical (unpaired) electrons. The molecule has 0 spiro atoms. The SMILES string of the molecule is CC(C)(C)[Si](C)(C)Oc1ccc(Oc2ccccc2-c2ccc(S(=O)(=O)NCCN)s2)cc1O[Si](C)(C)C(C)(C)C. The standard InChI is InChI=1S/C30H46N2O5S2Si2/c1-29(2,3)40(7,8)36-25-16-15-22(21-26(25)37-41(9,10)30(4,5)6)35-24-14-12-11-13-23(24)27-17-18-28(38-27)39(33,34)32-20-19-31/h11-18,21,32H,19-20,31H2,1-10H3. The summed E-state index contributed by atoms with van der Waals surface area (Å²) in [5.74, 6) is 2.65. The van der Waals surface area contributed by atoms with E-state index in [2.05, 4.69) is 72.5 Å². The molecule has 0 atom stereocenters. The van der Waals surface area contributed by atoms with Crippen molar-refractivity contribution in [1.29, 1.82) is 0 Å². The molecule has 0 saturated carbocycles. The van der Waals surface area contributed by atoms with Crippen LogP contribution >= 0.6 is 11.3 Å². The van der Waals surface area contributed by atoms with Gasteiger partial charge in [-0.1, -0.05) is 53.7 Å². The van der Waals surface area contributed by atoms with Crippen LogP contribution in [0.3, 0.4) is 0 Å². The largest absolute Gasteiger partial charge is 0.541 e. The van der Waals surface area contributed by atoms with Gasteiger partial charge in [0.1, 0.15) is 27.2 Å². The van der Waals surface area contributed by atoms with Crippen LogP contribution in [0.4, 0.5) is 0 Å². The molecular formula is C30H46N2O5S2Si2. The van der Waals surface area contributed by atoms with E-state index in [-0.39, 0.29) is 27.4 Å². The Bertz CT molecular complexity index is 1460. The summed E-state index contributed by atoms with van der Waals surface area (Å²) in [5.41, 5.74) is 6.27. The van der Waals surface area contributed by atoms with Crippen LogP contribution in [0.25, 0.3) is 10.4 Å². The molecule has 0 aliphatic rings. The highest BCUT2D eigenvalue weighted by molar-refractivity contribution is 7.91. The average Bonchev–Trinajstić information content (AvgIpc) is 3.34. The van der Waals surface area contributed by atoms with Crippen molar-refractivity contribution in [2.24, 2.45) is 5.73 Å². The molecule has 3 rings (SSSR count). The lowest BCUT2D eigenvalue weighted by Crippen LogP contribution is -2.45. The van der Waals surface area contributed by atoms with Crippen LogP contribution < -0.4 is 24.0 Å². The van der Waals surface area contributed by atoms with E-state index in [1.807, 2.05) is 42.5 Å². The number of benzene rings is 2. The van der Waals surface area contributed by atoms with Crippen molar-refractivity contribution in [3.63, 3.8) is 0 Å². The lowest BCUT2D eigenvalue weighted by molar-refractivity contribution is 0.432. The number of hydrogen-bond donors (Lipinski definition) is 2. The van der Waals surface area contributed by atoms with Crippen LogP contribution in [0.1, 0.15) is 41.5 Å². The third-order valence-corrected chi connectivity index (χ3v) is 19.7. The molecule has 0 aliphatic carbocycles. The Kier molecular flexibility index (Phi) is 9.94. The highest BCUT2D eigenvalue weighted by Gasteiger charge is 2.42. The monoisotopic (exact) mass is 634 g/mol. The van der Waals surface area contributed by atoms with Gasteiger partial charge in [-0.05, 0) is 72.7 Å². The first-order valence-corrected chi connectivity index (χ1v) is 22.0. The van der Waals surface area contributed by atoms with Crippen LogP contribution in [0, 0.1) is 0 Å². The zero-order valence-corrected chi connectivity index (χ0v) is 29.7. The Morgan fingerprint density at radius 1 is 0.805 bits per heavy atom. The van der Waals surface area contributed by atoms with Crippen molar-refractivity contribution in [1.82, 2.24) is 4.72 Å². The number of para-hydroxylation sites is 1. The van der Waals surface area contributed by atoms with E-state index in [0.717, 1.165) is 16.2 Å². The van der Waals surface area contributed by atoms with Gasteiger partial charge >= 0.3 is 0 Å². The zero-order chi connectivity index (χ0) is 30.9. The molecule has 11 heteroatoms. The van der Waals surface area contributed by atoms with Gasteiger partial charge in [0.15, 0.2) is 0 Å². The molecule has 0 fully saturated rings. The van der Waals surface area contributed by atoms with E-state index < -0.39 is 26.7 Å². The van der Waals surface area contributed by atoms with Crippen LogP contribution in [0.2, 0.25) is 36.3 Å². The van der Waals surface area contributed by atoms with Gasteiger partial charge in [-0.2, -0.15) is 0 Å². The van der Waals surface area contributed by atoms with Gasteiger partial charge in [-0.25, -0.2) is 13.1 Å². The number of nitrogens with one attached hydrogen (secondary N) is 1. The normalized spacial score (nSPS) is 13.2. The van der Waals surface area contributed by atoms with Crippen LogP contribution in [0.15, 0.2) is 58.8 Å². The molecule has 7 nitrogen and oxygen atoms in total. The van der Waals surface area contributed by atoms with Gasteiger partial charge in [0.2, 0.25) is 10.0 Å². The van der Waals surface area contributed by atoms with E-state index in [1.54, 1.807) is 12.1 Å². The molecule has 1 aromatic heterocycles. The second-order valence-electron chi connectivity index (χ2n) is 13.2. The number of nitrogens with two attached hydrogens (primary N) is 1. The van der Waals surface area contributed by atoms with Gasteiger partial charge in [0, 0.05) is 29.6 Å². The van der Waals surface area contributed by atoms with Crippen LogP contribution in [0.5, 0.6) is 23.0 Å². The molecule has 3 aromatic rings. The van der Waals surface area contributed by atoms with E-state index in [4.69, 9.17) is 19.3 Å². The van der Waals surface area contributed by atoms with Crippen molar-refractivity contribution < 1.29 is 22.0 Å². The molecule has 1 heterocycles. The molecule has 2 aromatic carbocycles. The third-order valence-electron chi connectivity index (χ3n) is 7.92. The summed E-state index contributed by atoms with van der Waals surface area (Å²) in [6.07, 6.45) is 0. The molecule has 0 aliphatic heterocycles. The van der Waals surface area contributed by atoms with E-state index in [0.29, 0.717) is 17.2 Å². The quantitative estimate of drug-likeness (QED) is 0.206. The summed E-state index contributed by atoms with van der Waals surface area (Å²) < 4.78 is 47.9. The minimum Gasteiger partial charge on any atom is -0.541 e. The Morgan fingerprint density at radius 3 is 1.98 bits per heavy atom. The molecular weight excluding hydrogens is 589 g/mol. The van der Waals surface area contributed by atoms with Gasteiger partial charge < -0.3 is 19.3 Å². The summed E-state index contributed by atoms with van der Waals surface area (Å²) in [5, 5.41) is 0.0309. The van der Waals surface area contributed by atoms with Crippen molar-refractivity contribution in [3.05, 3.63) is 54.6 Å². The minimum atomic E-state index is -3.62. The number of hydrogen-bond acceptors (Lipinski definition) is 7. The summed E-state index contributed by atoms with van der Waals surface area (Å²) in [6.45, 7) is 22.6. The van der Waals surface area contributed by atoms with Gasteiger partial charge in [-0.15, -0.1) is 11.3 Å². The summed E-state index contributed by atoms with van der Waals surface area (Å²) in [6, 6.07) is 16.8. The molecule has 226 valence electrons. The summed E-state index contributed by atoms with van der Waals surface area (Å²) >= 11 is 1.19.